The van der Waals surface area contributed by atoms with E-state index in [1.807, 2.05) is 0 Å². The van der Waals surface area contributed by atoms with E-state index < -0.39 is 75.2 Å². The molecule has 1 aromatic carbocycles. The standard InChI is InChI=1S/C23H32N2O12S/c1-22(2)34-12-17(35-22)19-18(36-23(3,4)37-19)16(11-15(20(26)32-5)21(27)33-6)24-38(30,31)14-9-7-13(8-10-14)25(28)29/h7-10,15-19,24H,11-12H2,1-6H3/t16-,17-,18-,19-/m1/s1. The monoisotopic (exact) mass is 560 g/mol. The summed E-state index contributed by atoms with van der Waals surface area (Å²) in [6.07, 6.45) is -3.01. The van der Waals surface area contributed by atoms with E-state index in [4.69, 9.17) is 28.4 Å². The molecule has 14 nitrogen and oxygen atoms in total. The Labute approximate surface area is 220 Å². The second kappa shape index (κ2) is 11.2. The number of nitrogens with zero attached hydrogens (tertiary/aromatic N) is 1. The van der Waals surface area contributed by atoms with Gasteiger partial charge in [-0.3, -0.25) is 19.7 Å². The lowest BCUT2D eigenvalue weighted by atomic mass is 9.92. The maximum atomic E-state index is 13.4. The van der Waals surface area contributed by atoms with Crippen LogP contribution in [0.3, 0.4) is 0 Å². The molecule has 4 atom stereocenters. The Bertz CT molecular complexity index is 1140. The van der Waals surface area contributed by atoms with Gasteiger partial charge in [-0.2, -0.15) is 0 Å². The Kier molecular flexibility index (Phi) is 8.80. The van der Waals surface area contributed by atoms with Crippen LogP contribution in [0.1, 0.15) is 34.1 Å². The normalized spacial score (nSPS) is 25.2. The number of nitro groups is 1. The minimum Gasteiger partial charge on any atom is -0.468 e. The van der Waals surface area contributed by atoms with Crippen molar-refractivity contribution in [3.63, 3.8) is 0 Å². The highest BCUT2D eigenvalue weighted by Gasteiger charge is 2.53. The first-order chi connectivity index (χ1) is 17.6. The van der Waals surface area contributed by atoms with Crippen LogP contribution in [-0.2, 0) is 48.0 Å². The summed E-state index contributed by atoms with van der Waals surface area (Å²) in [6.45, 7) is 6.79. The zero-order valence-electron chi connectivity index (χ0n) is 21.9. The van der Waals surface area contributed by atoms with Crippen molar-refractivity contribution in [2.45, 2.75) is 74.9 Å². The molecule has 212 valence electrons. The maximum Gasteiger partial charge on any atom is 0.320 e. The predicted molar refractivity (Wildman–Crippen MR) is 128 cm³/mol. The molecule has 2 aliphatic heterocycles. The molecule has 15 heteroatoms. The topological polar surface area (TPSA) is 179 Å². The van der Waals surface area contributed by atoms with Gasteiger partial charge < -0.3 is 28.4 Å². The molecule has 2 saturated heterocycles. The number of benzene rings is 1. The van der Waals surface area contributed by atoms with Gasteiger partial charge in [0.2, 0.25) is 10.0 Å². The number of ether oxygens (including phenoxy) is 6. The summed E-state index contributed by atoms with van der Waals surface area (Å²) in [6, 6.07) is 2.99. The second-order valence-electron chi connectivity index (χ2n) is 9.75. The number of sulfonamides is 1. The van der Waals surface area contributed by atoms with Gasteiger partial charge in [-0.15, -0.1) is 0 Å². The van der Waals surface area contributed by atoms with Gasteiger partial charge in [-0.25, -0.2) is 13.1 Å². The largest absolute Gasteiger partial charge is 0.468 e. The van der Waals surface area contributed by atoms with Crippen molar-refractivity contribution in [2.75, 3.05) is 20.8 Å². The summed E-state index contributed by atoms with van der Waals surface area (Å²) in [7, 11) is -2.17. The molecule has 1 N–H and O–H groups in total. The van der Waals surface area contributed by atoms with Crippen LogP contribution in [0.4, 0.5) is 5.69 Å². The number of hydrogen-bond acceptors (Lipinski definition) is 12. The molecule has 2 aliphatic rings. The first-order valence-electron chi connectivity index (χ1n) is 11.7. The van der Waals surface area contributed by atoms with Crippen molar-refractivity contribution in [3.8, 4) is 0 Å². The third-order valence-corrected chi connectivity index (χ3v) is 7.59. The summed E-state index contributed by atoms with van der Waals surface area (Å²) in [4.78, 5) is 35.0. The third-order valence-electron chi connectivity index (χ3n) is 6.08. The van der Waals surface area contributed by atoms with Gasteiger partial charge in [-0.1, -0.05) is 0 Å². The Morgan fingerprint density at radius 1 is 1.05 bits per heavy atom. The Balaban J connectivity index is 2.01. The average Bonchev–Trinajstić information content (AvgIpc) is 3.38. The molecule has 3 rings (SSSR count). The van der Waals surface area contributed by atoms with E-state index in [0.29, 0.717) is 0 Å². The van der Waals surface area contributed by atoms with E-state index in [0.717, 1.165) is 38.5 Å². The lowest BCUT2D eigenvalue weighted by molar-refractivity contribution is -0.384. The van der Waals surface area contributed by atoms with Gasteiger partial charge in [0, 0.05) is 12.1 Å². The molecule has 38 heavy (non-hydrogen) atoms. The summed E-state index contributed by atoms with van der Waals surface area (Å²) in [5.41, 5.74) is -0.299. The Morgan fingerprint density at radius 2 is 1.63 bits per heavy atom. The highest BCUT2D eigenvalue weighted by atomic mass is 32.2. The number of hydrogen-bond donors (Lipinski definition) is 1. The highest BCUT2D eigenvalue weighted by molar-refractivity contribution is 7.89. The van der Waals surface area contributed by atoms with E-state index >= 15 is 0 Å². The summed E-state index contributed by atoms with van der Waals surface area (Å²) in [5, 5.41) is 11.0. The van der Waals surface area contributed by atoms with Gasteiger partial charge in [0.05, 0.1) is 36.7 Å². The smallest absolute Gasteiger partial charge is 0.320 e. The third kappa shape index (κ3) is 6.84. The van der Waals surface area contributed by atoms with Gasteiger partial charge in [0.15, 0.2) is 17.5 Å². The van der Waals surface area contributed by atoms with Crippen LogP contribution in [0.5, 0.6) is 0 Å². The molecule has 0 radical (unpaired) electrons. The van der Waals surface area contributed by atoms with Crippen molar-refractivity contribution in [2.24, 2.45) is 5.92 Å². The number of carbonyl (C=O) groups excluding carboxylic acids is 2. The van der Waals surface area contributed by atoms with Crippen LogP contribution in [-0.4, -0.2) is 82.0 Å². The number of nitrogens with one attached hydrogen (secondary N) is 1. The zero-order chi connectivity index (χ0) is 28.5. The predicted octanol–water partition coefficient (Wildman–Crippen LogP) is 1.27. The van der Waals surface area contributed by atoms with Crippen molar-refractivity contribution in [1.29, 1.82) is 0 Å². The highest BCUT2D eigenvalue weighted by Crippen LogP contribution is 2.38. The van der Waals surface area contributed by atoms with Crippen LogP contribution in [0.25, 0.3) is 0 Å². The van der Waals surface area contributed by atoms with E-state index in [1.165, 1.54) is 0 Å². The van der Waals surface area contributed by atoms with Crippen LogP contribution in [0.15, 0.2) is 29.2 Å². The van der Waals surface area contributed by atoms with Crippen LogP contribution < -0.4 is 4.72 Å². The Morgan fingerprint density at radius 3 is 2.11 bits per heavy atom. The van der Waals surface area contributed by atoms with Crippen molar-refractivity contribution < 1.29 is 51.4 Å². The lowest BCUT2D eigenvalue weighted by Gasteiger charge is -2.31. The quantitative estimate of drug-likeness (QED) is 0.188. The lowest BCUT2D eigenvalue weighted by Crippen LogP contribution is -2.53. The minimum absolute atomic E-state index is 0.118. The number of non-ortho nitro benzene ring substituents is 1. The minimum atomic E-state index is -4.34. The molecule has 2 fully saturated rings. The van der Waals surface area contributed by atoms with E-state index in [-0.39, 0.29) is 17.2 Å². The fourth-order valence-electron chi connectivity index (χ4n) is 4.38. The molecule has 0 amide bonds. The molecule has 0 aromatic heterocycles. The average molecular weight is 561 g/mol. The first kappa shape index (κ1) is 29.9. The molecule has 0 bridgehead atoms. The van der Waals surface area contributed by atoms with Crippen molar-refractivity contribution in [3.05, 3.63) is 34.4 Å². The first-order valence-corrected chi connectivity index (χ1v) is 13.2. The number of rotatable bonds is 10. The molecule has 0 saturated carbocycles. The number of carbonyl (C=O) groups is 2. The van der Waals surface area contributed by atoms with Crippen LogP contribution >= 0.6 is 0 Å². The van der Waals surface area contributed by atoms with Gasteiger partial charge in [0.1, 0.15) is 18.3 Å². The maximum absolute atomic E-state index is 13.4. The Hall–Kier alpha value is -2.69. The number of methoxy groups -OCH3 is 2. The fraction of sp³-hybridized carbons (Fsp3) is 0.652. The molecule has 0 aliphatic carbocycles. The summed E-state index contributed by atoms with van der Waals surface area (Å²) >= 11 is 0. The van der Waals surface area contributed by atoms with Crippen LogP contribution in [0.2, 0.25) is 0 Å². The number of esters is 2. The van der Waals surface area contributed by atoms with Crippen molar-refractivity contribution >= 4 is 27.6 Å². The van der Waals surface area contributed by atoms with E-state index in [1.54, 1.807) is 27.7 Å². The van der Waals surface area contributed by atoms with Gasteiger partial charge in [0.25, 0.3) is 5.69 Å². The molecule has 0 unspecified atom stereocenters. The second-order valence-corrected chi connectivity index (χ2v) is 11.5. The van der Waals surface area contributed by atoms with Crippen molar-refractivity contribution in [1.82, 2.24) is 4.72 Å². The number of nitro benzene ring substituents is 1. The summed E-state index contributed by atoms with van der Waals surface area (Å²) < 4.78 is 62.5. The van der Waals surface area contributed by atoms with Gasteiger partial charge >= 0.3 is 11.9 Å². The molecular formula is C23H32N2O12S. The molecule has 0 spiro atoms. The SMILES string of the molecule is COC(=O)C(C[C@@H](NS(=O)(=O)c1ccc([N+](=O)[O-])cc1)[C@H]1OC(C)(C)O[C@@H]1[C@H]1COC(C)(C)O1)C(=O)OC. The summed E-state index contributed by atoms with van der Waals surface area (Å²) in [5.74, 6) is -5.49. The van der Waals surface area contributed by atoms with Gasteiger partial charge in [-0.05, 0) is 46.2 Å². The molecular weight excluding hydrogens is 528 g/mol. The van der Waals surface area contributed by atoms with Crippen LogP contribution in [0, 0.1) is 16.0 Å². The van der Waals surface area contributed by atoms with E-state index in [2.05, 4.69) is 4.72 Å². The van der Waals surface area contributed by atoms with E-state index in [9.17, 15) is 28.1 Å². The zero-order valence-corrected chi connectivity index (χ0v) is 22.7. The molecule has 1 aromatic rings. The molecule has 2 heterocycles. The fourth-order valence-corrected chi connectivity index (χ4v) is 5.64.